The number of hydrogen-bond acceptors (Lipinski definition) is 1. The van der Waals surface area contributed by atoms with E-state index in [1.165, 1.54) is 5.56 Å². The lowest BCUT2D eigenvalue weighted by Crippen LogP contribution is -2.00. The first kappa shape index (κ1) is 15.0. The molecule has 2 nitrogen and oxygen atoms in total. The molecule has 0 bridgehead atoms. The number of benzene rings is 2. The zero-order valence-corrected chi connectivity index (χ0v) is 12.6. The van der Waals surface area contributed by atoms with Gasteiger partial charge in [-0.05, 0) is 35.6 Å². The standard InChI is InChI=1S/C19H20O2/c1-13(2)16-9-7-15(8-10-16)12-18(19(20)21)17-6-4-5-14(3)11-17/h4-13H,1-3H3,(H,20,21)/b18-12+. The van der Waals surface area contributed by atoms with Gasteiger partial charge in [-0.15, -0.1) is 0 Å². The SMILES string of the molecule is Cc1cccc(/C(=C\c2ccc(C(C)C)cc2)C(=O)O)c1. The Labute approximate surface area is 125 Å². The molecule has 0 heterocycles. The van der Waals surface area contributed by atoms with Crippen molar-refractivity contribution < 1.29 is 9.90 Å². The van der Waals surface area contributed by atoms with Crippen LogP contribution in [0.15, 0.2) is 48.5 Å². The van der Waals surface area contributed by atoms with Gasteiger partial charge < -0.3 is 5.11 Å². The zero-order valence-electron chi connectivity index (χ0n) is 12.6. The Morgan fingerprint density at radius 3 is 2.29 bits per heavy atom. The molecule has 2 aromatic carbocycles. The van der Waals surface area contributed by atoms with Crippen molar-refractivity contribution in [2.45, 2.75) is 26.7 Å². The summed E-state index contributed by atoms with van der Waals surface area (Å²) in [5.41, 5.74) is 4.25. The summed E-state index contributed by atoms with van der Waals surface area (Å²) in [6.07, 6.45) is 1.72. The highest BCUT2D eigenvalue weighted by Crippen LogP contribution is 2.21. The predicted molar refractivity (Wildman–Crippen MR) is 87.2 cm³/mol. The highest BCUT2D eigenvalue weighted by Gasteiger charge is 2.10. The Hall–Kier alpha value is -2.35. The maximum absolute atomic E-state index is 11.5. The van der Waals surface area contributed by atoms with Crippen molar-refractivity contribution in [1.29, 1.82) is 0 Å². The summed E-state index contributed by atoms with van der Waals surface area (Å²) >= 11 is 0. The Morgan fingerprint density at radius 2 is 1.76 bits per heavy atom. The lowest BCUT2D eigenvalue weighted by molar-refractivity contribution is -0.130. The van der Waals surface area contributed by atoms with Gasteiger partial charge in [-0.25, -0.2) is 4.79 Å². The molecule has 108 valence electrons. The van der Waals surface area contributed by atoms with Crippen molar-refractivity contribution in [2.24, 2.45) is 0 Å². The first-order chi connectivity index (χ1) is 9.97. The molecule has 2 rings (SSSR count). The van der Waals surface area contributed by atoms with Crippen LogP contribution in [-0.4, -0.2) is 11.1 Å². The van der Waals surface area contributed by atoms with Crippen LogP contribution in [0.1, 0.15) is 42.0 Å². The molecule has 2 aromatic rings. The molecular formula is C19H20O2. The van der Waals surface area contributed by atoms with Crippen LogP contribution in [0.2, 0.25) is 0 Å². The molecule has 0 saturated heterocycles. The molecule has 0 fully saturated rings. The zero-order chi connectivity index (χ0) is 15.4. The fraction of sp³-hybridized carbons (Fsp3) is 0.211. The van der Waals surface area contributed by atoms with E-state index in [-0.39, 0.29) is 0 Å². The van der Waals surface area contributed by atoms with Crippen molar-refractivity contribution in [3.8, 4) is 0 Å². The van der Waals surface area contributed by atoms with Gasteiger partial charge in [-0.2, -0.15) is 0 Å². The lowest BCUT2D eigenvalue weighted by Gasteiger charge is -2.07. The number of carboxylic acids is 1. The summed E-state index contributed by atoms with van der Waals surface area (Å²) < 4.78 is 0. The molecule has 0 atom stereocenters. The third-order valence-corrected chi connectivity index (χ3v) is 3.47. The predicted octanol–water partition coefficient (Wildman–Crippen LogP) is 4.74. The molecule has 0 aliphatic rings. The second kappa shape index (κ2) is 6.40. The van der Waals surface area contributed by atoms with Gasteiger partial charge in [-0.3, -0.25) is 0 Å². The molecule has 2 heteroatoms. The highest BCUT2D eigenvalue weighted by molar-refractivity contribution is 6.20. The van der Waals surface area contributed by atoms with E-state index in [9.17, 15) is 9.90 Å². The summed E-state index contributed by atoms with van der Waals surface area (Å²) in [6, 6.07) is 15.6. The van der Waals surface area contributed by atoms with Crippen molar-refractivity contribution in [2.75, 3.05) is 0 Å². The summed E-state index contributed by atoms with van der Waals surface area (Å²) in [6.45, 7) is 6.24. The topological polar surface area (TPSA) is 37.3 Å². The second-order valence-corrected chi connectivity index (χ2v) is 5.55. The average Bonchev–Trinajstić information content (AvgIpc) is 2.45. The molecule has 0 aromatic heterocycles. The number of carboxylic acid groups (broad SMARTS) is 1. The molecule has 21 heavy (non-hydrogen) atoms. The van der Waals surface area contributed by atoms with Crippen LogP contribution in [-0.2, 0) is 4.79 Å². The van der Waals surface area contributed by atoms with Crippen LogP contribution in [0.4, 0.5) is 0 Å². The average molecular weight is 280 g/mol. The van der Waals surface area contributed by atoms with Gasteiger partial charge in [0.25, 0.3) is 0 Å². The molecule has 0 aliphatic carbocycles. The largest absolute Gasteiger partial charge is 0.478 e. The summed E-state index contributed by atoms with van der Waals surface area (Å²) in [5.74, 6) is -0.438. The van der Waals surface area contributed by atoms with Gasteiger partial charge in [0, 0.05) is 0 Å². The maximum atomic E-state index is 11.5. The quantitative estimate of drug-likeness (QED) is 0.648. The smallest absolute Gasteiger partial charge is 0.336 e. The molecule has 0 aliphatic heterocycles. The van der Waals surface area contributed by atoms with Crippen LogP contribution < -0.4 is 0 Å². The van der Waals surface area contributed by atoms with Gasteiger partial charge in [0.1, 0.15) is 0 Å². The van der Waals surface area contributed by atoms with Gasteiger partial charge in [0.15, 0.2) is 0 Å². The van der Waals surface area contributed by atoms with Crippen LogP contribution in [0.25, 0.3) is 11.6 Å². The molecule has 0 amide bonds. The fourth-order valence-corrected chi connectivity index (χ4v) is 2.22. The fourth-order valence-electron chi connectivity index (χ4n) is 2.22. The third kappa shape index (κ3) is 3.82. The van der Waals surface area contributed by atoms with Crippen LogP contribution in [0.5, 0.6) is 0 Å². The molecular weight excluding hydrogens is 260 g/mol. The Morgan fingerprint density at radius 1 is 1.10 bits per heavy atom. The number of aliphatic carboxylic acids is 1. The van der Waals surface area contributed by atoms with E-state index in [4.69, 9.17) is 0 Å². The van der Waals surface area contributed by atoms with Gasteiger partial charge in [0.2, 0.25) is 0 Å². The molecule has 1 N–H and O–H groups in total. The maximum Gasteiger partial charge on any atom is 0.336 e. The van der Waals surface area contributed by atoms with Crippen molar-refractivity contribution in [3.05, 3.63) is 70.8 Å². The minimum absolute atomic E-state index is 0.316. The molecule has 0 radical (unpaired) electrons. The second-order valence-electron chi connectivity index (χ2n) is 5.55. The minimum Gasteiger partial charge on any atom is -0.478 e. The first-order valence-corrected chi connectivity index (χ1v) is 7.09. The van der Waals surface area contributed by atoms with E-state index in [0.29, 0.717) is 11.5 Å². The Kier molecular flexibility index (Phi) is 4.59. The molecule has 0 unspecified atom stereocenters. The Bertz CT molecular complexity index is 664. The monoisotopic (exact) mass is 280 g/mol. The lowest BCUT2D eigenvalue weighted by atomic mass is 9.98. The van der Waals surface area contributed by atoms with Crippen molar-refractivity contribution in [3.63, 3.8) is 0 Å². The minimum atomic E-state index is -0.909. The van der Waals surface area contributed by atoms with E-state index in [1.54, 1.807) is 6.08 Å². The van der Waals surface area contributed by atoms with Crippen LogP contribution in [0.3, 0.4) is 0 Å². The summed E-state index contributed by atoms with van der Waals surface area (Å²) in [7, 11) is 0. The van der Waals surface area contributed by atoms with E-state index < -0.39 is 5.97 Å². The van der Waals surface area contributed by atoms with Gasteiger partial charge in [0.05, 0.1) is 5.57 Å². The number of rotatable bonds is 4. The van der Waals surface area contributed by atoms with Crippen LogP contribution >= 0.6 is 0 Å². The normalized spacial score (nSPS) is 11.7. The third-order valence-electron chi connectivity index (χ3n) is 3.47. The summed E-state index contributed by atoms with van der Waals surface area (Å²) in [5, 5.41) is 9.45. The van der Waals surface area contributed by atoms with Crippen LogP contribution in [0, 0.1) is 6.92 Å². The number of hydrogen-bond donors (Lipinski definition) is 1. The van der Waals surface area contributed by atoms with Crippen molar-refractivity contribution >= 4 is 17.6 Å². The van der Waals surface area contributed by atoms with Gasteiger partial charge in [-0.1, -0.05) is 67.9 Å². The van der Waals surface area contributed by atoms with E-state index in [1.807, 2.05) is 55.5 Å². The first-order valence-electron chi connectivity index (χ1n) is 7.09. The molecule has 0 saturated carbocycles. The highest BCUT2D eigenvalue weighted by atomic mass is 16.4. The Balaban J connectivity index is 2.40. The number of carbonyl (C=O) groups is 1. The summed E-state index contributed by atoms with van der Waals surface area (Å²) in [4.78, 5) is 11.5. The van der Waals surface area contributed by atoms with Gasteiger partial charge >= 0.3 is 5.97 Å². The van der Waals surface area contributed by atoms with E-state index >= 15 is 0 Å². The molecule has 0 spiro atoms. The number of aryl methyl sites for hydroxylation is 1. The van der Waals surface area contributed by atoms with E-state index in [0.717, 1.165) is 16.7 Å². The van der Waals surface area contributed by atoms with Crippen molar-refractivity contribution in [1.82, 2.24) is 0 Å². The van der Waals surface area contributed by atoms with E-state index in [2.05, 4.69) is 13.8 Å².